The number of hydrogen-bond acceptors (Lipinski definition) is 3. The number of aromatic nitrogens is 1. The summed E-state index contributed by atoms with van der Waals surface area (Å²) in [4.78, 5) is 23.9. The van der Waals surface area contributed by atoms with Gasteiger partial charge in [0.1, 0.15) is 0 Å². The summed E-state index contributed by atoms with van der Waals surface area (Å²) in [5.41, 5.74) is -1.97. The van der Waals surface area contributed by atoms with Gasteiger partial charge in [0.05, 0.1) is 18.4 Å². The first-order valence-electron chi connectivity index (χ1n) is 3.76. The fraction of sp³-hybridized carbons (Fsp3) is 0.250. The van der Waals surface area contributed by atoms with Gasteiger partial charge in [-0.05, 0) is 17.7 Å². The molecule has 0 atom stereocenters. The van der Waals surface area contributed by atoms with Crippen LogP contribution in [0.3, 0.4) is 0 Å². The molecule has 1 heterocycles. The molecule has 1 aromatic rings. The van der Waals surface area contributed by atoms with Gasteiger partial charge >= 0.3 is 0 Å². The fourth-order valence-corrected chi connectivity index (χ4v) is 1.17. The van der Waals surface area contributed by atoms with Crippen LogP contribution in [0, 0.1) is 0 Å². The second-order valence-electron chi connectivity index (χ2n) is 2.58. The summed E-state index contributed by atoms with van der Waals surface area (Å²) in [6.45, 7) is 0. The predicted octanol–water partition coefficient (Wildman–Crippen LogP) is 1.70. The third kappa shape index (κ3) is 2.33. The Hall–Kier alpha value is -1.43. The number of alkyl halides is 2. The number of hydrogen-bond donors (Lipinski definition) is 1. The molecule has 0 aliphatic carbocycles. The Morgan fingerprint density at radius 1 is 1.60 bits per heavy atom. The van der Waals surface area contributed by atoms with Crippen LogP contribution in [-0.4, -0.2) is 17.3 Å². The normalized spacial score (nSPS) is 10.5. The van der Waals surface area contributed by atoms with E-state index in [9.17, 15) is 18.4 Å². The maximum Gasteiger partial charge on any atom is 0.291 e. The maximum absolute atomic E-state index is 12.3. The number of H-pyrrole nitrogens is 1. The Labute approximate surface area is 87.8 Å². The number of carbonyl (C=O) groups is 1. The molecule has 0 amide bonds. The van der Waals surface area contributed by atoms with Crippen LogP contribution in [0.25, 0.3) is 0 Å². The highest BCUT2D eigenvalue weighted by molar-refractivity contribution is 6.68. The molecule has 82 valence electrons. The fourth-order valence-electron chi connectivity index (χ4n) is 1.03. The Balaban J connectivity index is 3.46. The van der Waals surface area contributed by atoms with Crippen LogP contribution in [0.5, 0.6) is 5.75 Å². The van der Waals surface area contributed by atoms with Crippen LogP contribution >= 0.6 is 11.6 Å². The molecule has 1 aromatic heterocycles. The Bertz CT molecular complexity index is 444. The standard InChI is InChI=1S/C8H6ClF2NO3/c1-15-5-3(6(9)13)2-4(7(10)11)12-8(5)14/h2,7H,1H3,(H,12,14). The van der Waals surface area contributed by atoms with Gasteiger partial charge in [-0.2, -0.15) is 0 Å². The van der Waals surface area contributed by atoms with E-state index in [1.807, 2.05) is 4.98 Å². The summed E-state index contributed by atoms with van der Waals surface area (Å²) in [6, 6.07) is 0.792. The number of carbonyl (C=O) groups excluding carboxylic acids is 1. The van der Waals surface area contributed by atoms with Gasteiger partial charge in [-0.1, -0.05) is 0 Å². The van der Waals surface area contributed by atoms with Crippen LogP contribution in [-0.2, 0) is 0 Å². The SMILES string of the molecule is COc1c(C(=O)Cl)cc(C(F)F)[nH]c1=O. The third-order valence-electron chi connectivity index (χ3n) is 1.66. The summed E-state index contributed by atoms with van der Waals surface area (Å²) in [5.74, 6) is -0.376. The average Bonchev–Trinajstić information content (AvgIpc) is 2.16. The highest BCUT2D eigenvalue weighted by Crippen LogP contribution is 2.21. The van der Waals surface area contributed by atoms with Crippen molar-refractivity contribution in [3.8, 4) is 5.75 Å². The van der Waals surface area contributed by atoms with Gasteiger partial charge in [-0.15, -0.1) is 0 Å². The molecule has 1 N–H and O–H groups in total. The lowest BCUT2D eigenvalue weighted by atomic mass is 10.2. The summed E-state index contributed by atoms with van der Waals surface area (Å²) in [5, 5.41) is -1.03. The first-order chi connectivity index (χ1) is 6.97. The topological polar surface area (TPSA) is 59.2 Å². The third-order valence-corrected chi connectivity index (χ3v) is 1.86. The molecule has 1 rings (SSSR count). The van der Waals surface area contributed by atoms with Gasteiger partial charge in [0.25, 0.3) is 17.2 Å². The van der Waals surface area contributed by atoms with Crippen LogP contribution in [0.4, 0.5) is 8.78 Å². The van der Waals surface area contributed by atoms with Crippen molar-refractivity contribution in [1.82, 2.24) is 4.98 Å². The molecular weight excluding hydrogens is 232 g/mol. The molecular formula is C8H6ClF2NO3. The van der Waals surface area contributed by atoms with Crippen molar-refractivity contribution in [2.45, 2.75) is 6.43 Å². The average molecular weight is 238 g/mol. The first kappa shape index (κ1) is 11.6. The van der Waals surface area contributed by atoms with Gasteiger partial charge in [-0.25, -0.2) is 8.78 Å². The maximum atomic E-state index is 12.3. The molecule has 0 aliphatic rings. The van der Waals surface area contributed by atoms with Gasteiger partial charge in [0.15, 0.2) is 5.75 Å². The molecule has 0 aliphatic heterocycles. The zero-order valence-electron chi connectivity index (χ0n) is 7.51. The molecule has 4 nitrogen and oxygen atoms in total. The molecule has 0 saturated carbocycles. The number of halogens is 3. The summed E-state index contributed by atoms with van der Waals surface area (Å²) < 4.78 is 29.1. The van der Waals surface area contributed by atoms with E-state index in [0.29, 0.717) is 0 Å². The van der Waals surface area contributed by atoms with Crippen molar-refractivity contribution in [1.29, 1.82) is 0 Å². The lowest BCUT2D eigenvalue weighted by Crippen LogP contribution is -2.15. The van der Waals surface area contributed by atoms with Crippen molar-refractivity contribution >= 4 is 16.8 Å². The van der Waals surface area contributed by atoms with Crippen molar-refractivity contribution < 1.29 is 18.3 Å². The summed E-state index contributed by atoms with van der Waals surface area (Å²) in [7, 11) is 1.13. The van der Waals surface area contributed by atoms with Gasteiger partial charge < -0.3 is 9.72 Å². The number of nitrogens with one attached hydrogen (secondary N) is 1. The first-order valence-corrected chi connectivity index (χ1v) is 4.14. The van der Waals surface area contributed by atoms with E-state index in [4.69, 9.17) is 11.6 Å². The Morgan fingerprint density at radius 3 is 2.60 bits per heavy atom. The van der Waals surface area contributed by atoms with E-state index < -0.39 is 22.9 Å². The van der Waals surface area contributed by atoms with Crippen LogP contribution in [0.2, 0.25) is 0 Å². The predicted molar refractivity (Wildman–Crippen MR) is 48.8 cm³/mol. The molecule has 0 bridgehead atoms. The minimum absolute atomic E-state index is 0.376. The van der Waals surface area contributed by atoms with E-state index >= 15 is 0 Å². The van der Waals surface area contributed by atoms with Gasteiger partial charge in [0, 0.05) is 0 Å². The number of methoxy groups -OCH3 is 1. The Morgan fingerprint density at radius 2 is 2.20 bits per heavy atom. The van der Waals surface area contributed by atoms with Crippen molar-refractivity contribution in [3.05, 3.63) is 27.7 Å². The lowest BCUT2D eigenvalue weighted by molar-refractivity contribution is 0.107. The molecule has 0 unspecified atom stereocenters. The monoisotopic (exact) mass is 237 g/mol. The van der Waals surface area contributed by atoms with E-state index in [1.165, 1.54) is 0 Å². The highest BCUT2D eigenvalue weighted by atomic mass is 35.5. The number of pyridine rings is 1. The lowest BCUT2D eigenvalue weighted by Gasteiger charge is -2.06. The number of ether oxygens (including phenoxy) is 1. The molecule has 7 heteroatoms. The number of aromatic amines is 1. The summed E-state index contributed by atoms with van der Waals surface area (Å²) in [6.07, 6.45) is -2.89. The van der Waals surface area contributed by atoms with Gasteiger partial charge in [0.2, 0.25) is 0 Å². The van der Waals surface area contributed by atoms with Crippen molar-refractivity contribution in [3.63, 3.8) is 0 Å². The molecule has 0 spiro atoms. The molecule has 15 heavy (non-hydrogen) atoms. The second-order valence-corrected chi connectivity index (χ2v) is 2.92. The molecule has 0 radical (unpaired) electrons. The van der Waals surface area contributed by atoms with Crippen molar-refractivity contribution in [2.24, 2.45) is 0 Å². The van der Waals surface area contributed by atoms with Crippen LogP contribution in [0.1, 0.15) is 22.5 Å². The Kier molecular flexibility index (Phi) is 3.41. The molecule has 0 saturated heterocycles. The van der Waals surface area contributed by atoms with E-state index in [1.54, 1.807) is 0 Å². The largest absolute Gasteiger partial charge is 0.491 e. The van der Waals surface area contributed by atoms with Crippen molar-refractivity contribution in [2.75, 3.05) is 7.11 Å². The van der Waals surface area contributed by atoms with Crippen LogP contribution < -0.4 is 10.3 Å². The molecule has 0 aromatic carbocycles. The van der Waals surface area contributed by atoms with Gasteiger partial charge in [-0.3, -0.25) is 9.59 Å². The summed E-state index contributed by atoms with van der Waals surface area (Å²) >= 11 is 5.12. The number of rotatable bonds is 3. The highest BCUT2D eigenvalue weighted by Gasteiger charge is 2.18. The zero-order chi connectivity index (χ0) is 11.6. The molecule has 0 fully saturated rings. The smallest absolute Gasteiger partial charge is 0.291 e. The van der Waals surface area contributed by atoms with E-state index in [-0.39, 0.29) is 11.3 Å². The minimum atomic E-state index is -2.89. The van der Waals surface area contributed by atoms with E-state index in [0.717, 1.165) is 13.2 Å². The quantitative estimate of drug-likeness (QED) is 0.814. The minimum Gasteiger partial charge on any atom is -0.491 e. The zero-order valence-corrected chi connectivity index (χ0v) is 8.27. The van der Waals surface area contributed by atoms with E-state index in [2.05, 4.69) is 4.74 Å². The second kappa shape index (κ2) is 4.39. The van der Waals surface area contributed by atoms with Crippen LogP contribution in [0.15, 0.2) is 10.9 Å².